The molecule has 2 atom stereocenters. The Hall–Kier alpha value is -1.90. The van der Waals surface area contributed by atoms with Crippen molar-refractivity contribution < 1.29 is 70.2 Å². The van der Waals surface area contributed by atoms with Gasteiger partial charge in [-0.25, -0.2) is 0 Å². The number of fused-ring (bicyclic) bond motifs is 5. The molecule has 1 fully saturated rings. The zero-order valence-corrected chi connectivity index (χ0v) is 14.2. The molecule has 0 aliphatic heterocycles. The summed E-state index contributed by atoms with van der Waals surface area (Å²) in [5, 5.41) is 0. The molecule has 32 heavy (non-hydrogen) atoms. The Kier molecular flexibility index (Phi) is 3.20. The number of hydrogen-bond donors (Lipinski definition) is 0. The van der Waals surface area contributed by atoms with Crippen LogP contribution in [-0.2, 0) is 0 Å². The predicted molar refractivity (Wildman–Crippen MR) is 67.6 cm³/mol. The fourth-order valence-corrected chi connectivity index (χ4v) is 5.03. The standard InChI is InChI=1S/C16H2F16/c17-9(18)1-2(10(9,19)20)4-6(14(27,28)13(4,25)26)8-7(15(29,30)16(8,31)32)5-3(1)11(21,22)12(5,23)24/h1-2H. The van der Waals surface area contributed by atoms with Gasteiger partial charge in [-0.15, -0.1) is 0 Å². The van der Waals surface area contributed by atoms with Gasteiger partial charge < -0.3 is 0 Å². The fourth-order valence-electron chi connectivity index (χ4n) is 5.03. The van der Waals surface area contributed by atoms with Gasteiger partial charge in [0.25, 0.3) is 0 Å². The minimum absolute atomic E-state index is 2.89. The molecule has 0 aromatic rings. The molecule has 0 bridgehead atoms. The van der Waals surface area contributed by atoms with Crippen molar-refractivity contribution in [2.45, 2.75) is 47.4 Å². The number of halogens is 16. The van der Waals surface area contributed by atoms with Gasteiger partial charge in [-0.1, -0.05) is 0 Å². The van der Waals surface area contributed by atoms with E-state index in [1.807, 2.05) is 0 Å². The normalized spacial score (nSPS) is 39.0. The summed E-state index contributed by atoms with van der Waals surface area (Å²) in [6.45, 7) is 0. The molecule has 5 rings (SSSR count). The minimum atomic E-state index is -5.95. The SMILES string of the molecule is FC1(F)C2=C(C3=C(C4C(C5=C2C(F)(F)C5(F)F)C(F)(F)C4(F)F)C(F)(F)C3(F)F)C1(F)F. The number of hydrogen-bond acceptors (Lipinski definition) is 0. The van der Waals surface area contributed by atoms with E-state index in [1.54, 1.807) is 0 Å². The van der Waals surface area contributed by atoms with Gasteiger partial charge in [-0.2, -0.15) is 70.2 Å². The van der Waals surface area contributed by atoms with Gasteiger partial charge in [-0.05, 0) is 0 Å². The molecule has 0 saturated heterocycles. The van der Waals surface area contributed by atoms with Gasteiger partial charge in [0, 0.05) is 33.4 Å². The fraction of sp³-hybridized carbons (Fsp3) is 0.625. The van der Waals surface area contributed by atoms with E-state index in [4.69, 9.17) is 0 Å². The molecule has 0 nitrogen and oxygen atoms in total. The highest BCUT2D eigenvalue weighted by Crippen LogP contribution is 2.80. The van der Waals surface area contributed by atoms with E-state index < -0.39 is 92.7 Å². The maximum Gasteiger partial charge on any atom is 0.340 e. The Morgan fingerprint density at radius 3 is 0.781 bits per heavy atom. The molecule has 0 aromatic heterocycles. The van der Waals surface area contributed by atoms with E-state index in [0.29, 0.717) is 0 Å². The highest BCUT2D eigenvalue weighted by Gasteiger charge is 2.94. The third kappa shape index (κ3) is 1.59. The highest BCUT2D eigenvalue weighted by molar-refractivity contribution is 5.76. The van der Waals surface area contributed by atoms with Gasteiger partial charge in [0.1, 0.15) is 0 Å². The molecule has 1 saturated carbocycles. The smallest absolute Gasteiger partial charge is 0.199 e. The van der Waals surface area contributed by atoms with Gasteiger partial charge in [-0.3, -0.25) is 0 Å². The molecular formula is C16H2F16. The van der Waals surface area contributed by atoms with Crippen molar-refractivity contribution in [1.82, 2.24) is 0 Å². The first-order valence-electron chi connectivity index (χ1n) is 8.26. The van der Waals surface area contributed by atoms with Crippen LogP contribution in [0.25, 0.3) is 0 Å². The maximum atomic E-state index is 14.0. The van der Waals surface area contributed by atoms with E-state index in [9.17, 15) is 70.2 Å². The van der Waals surface area contributed by atoms with Crippen LogP contribution in [0.1, 0.15) is 0 Å². The summed E-state index contributed by atoms with van der Waals surface area (Å²) >= 11 is 0. The number of alkyl halides is 16. The quantitative estimate of drug-likeness (QED) is 0.346. The molecule has 0 amide bonds. The lowest BCUT2D eigenvalue weighted by atomic mass is 9.46. The molecule has 0 N–H and O–H groups in total. The lowest BCUT2D eigenvalue weighted by molar-refractivity contribution is -0.358. The van der Waals surface area contributed by atoms with Crippen LogP contribution in [0.3, 0.4) is 0 Å². The second kappa shape index (κ2) is 4.68. The Morgan fingerprint density at radius 2 is 0.531 bits per heavy atom. The molecule has 5 aliphatic rings. The summed E-state index contributed by atoms with van der Waals surface area (Å²) in [4.78, 5) is 0. The average molecular weight is 498 g/mol. The average Bonchev–Trinajstić information content (AvgIpc) is 2.59. The van der Waals surface area contributed by atoms with E-state index >= 15 is 0 Å². The van der Waals surface area contributed by atoms with Crippen LogP contribution >= 0.6 is 0 Å². The van der Waals surface area contributed by atoms with Crippen LogP contribution in [0.15, 0.2) is 33.4 Å². The van der Waals surface area contributed by atoms with Gasteiger partial charge >= 0.3 is 47.4 Å². The molecular weight excluding hydrogens is 496 g/mol. The Bertz CT molecular complexity index is 1010. The molecule has 0 heterocycles. The van der Waals surface area contributed by atoms with Crippen LogP contribution in [0.4, 0.5) is 70.2 Å². The van der Waals surface area contributed by atoms with Crippen molar-refractivity contribution >= 4 is 0 Å². The zero-order chi connectivity index (χ0) is 24.6. The van der Waals surface area contributed by atoms with E-state index in [-0.39, 0.29) is 0 Å². The second-order valence-corrected chi connectivity index (χ2v) is 7.97. The lowest BCUT2D eigenvalue weighted by Crippen LogP contribution is -2.77. The highest BCUT2D eigenvalue weighted by atomic mass is 19.3. The topological polar surface area (TPSA) is 0 Å². The van der Waals surface area contributed by atoms with Gasteiger partial charge in [0.05, 0.1) is 11.8 Å². The third-order valence-electron chi connectivity index (χ3n) is 6.59. The summed E-state index contributed by atoms with van der Waals surface area (Å²) in [5.74, 6) is -55.4. The van der Waals surface area contributed by atoms with Crippen LogP contribution in [0.2, 0.25) is 0 Å². The van der Waals surface area contributed by atoms with Gasteiger partial charge in [0.15, 0.2) is 0 Å². The molecule has 16 heteroatoms. The Morgan fingerprint density at radius 1 is 0.312 bits per heavy atom. The molecule has 178 valence electrons. The first-order valence-corrected chi connectivity index (χ1v) is 8.26. The van der Waals surface area contributed by atoms with Crippen LogP contribution < -0.4 is 0 Å². The van der Waals surface area contributed by atoms with Crippen molar-refractivity contribution in [1.29, 1.82) is 0 Å². The first kappa shape index (κ1) is 21.9. The van der Waals surface area contributed by atoms with E-state index in [1.165, 1.54) is 0 Å². The monoisotopic (exact) mass is 498 g/mol. The van der Waals surface area contributed by atoms with Gasteiger partial charge in [0.2, 0.25) is 0 Å². The molecule has 0 aromatic carbocycles. The van der Waals surface area contributed by atoms with Crippen molar-refractivity contribution in [3.8, 4) is 0 Å². The van der Waals surface area contributed by atoms with Crippen LogP contribution in [-0.4, -0.2) is 47.4 Å². The second-order valence-electron chi connectivity index (χ2n) is 7.97. The molecule has 0 radical (unpaired) electrons. The summed E-state index contributed by atoms with van der Waals surface area (Å²) < 4.78 is 224. The van der Waals surface area contributed by atoms with Crippen molar-refractivity contribution in [3.05, 3.63) is 33.4 Å². The minimum Gasteiger partial charge on any atom is -0.199 e. The van der Waals surface area contributed by atoms with Crippen LogP contribution in [0.5, 0.6) is 0 Å². The van der Waals surface area contributed by atoms with Crippen molar-refractivity contribution in [3.63, 3.8) is 0 Å². The van der Waals surface area contributed by atoms with Crippen molar-refractivity contribution in [2.75, 3.05) is 0 Å². The van der Waals surface area contributed by atoms with E-state index in [0.717, 1.165) is 0 Å². The summed E-state index contributed by atoms with van der Waals surface area (Å²) in [7, 11) is 0. The maximum absolute atomic E-state index is 14.0. The first-order chi connectivity index (χ1) is 14.0. The molecule has 0 spiro atoms. The third-order valence-corrected chi connectivity index (χ3v) is 6.59. The molecule has 5 aliphatic carbocycles. The summed E-state index contributed by atoms with van der Waals surface area (Å²) in [6, 6.07) is 0. The molecule has 2 unspecified atom stereocenters. The lowest BCUT2D eigenvalue weighted by Gasteiger charge is -2.63. The number of rotatable bonds is 0. The van der Waals surface area contributed by atoms with E-state index in [2.05, 4.69) is 0 Å². The van der Waals surface area contributed by atoms with Crippen LogP contribution in [0, 0.1) is 11.8 Å². The Labute approximate surface area is 164 Å². The number of allylic oxidation sites excluding steroid dienone is 6. The predicted octanol–water partition coefficient (Wildman–Crippen LogP) is 6.26. The zero-order valence-electron chi connectivity index (χ0n) is 14.2. The largest absolute Gasteiger partial charge is 0.340 e. The summed E-state index contributed by atoms with van der Waals surface area (Å²) in [6.07, 6.45) is 0. The Balaban J connectivity index is 1.98. The summed E-state index contributed by atoms with van der Waals surface area (Å²) in [5.41, 5.74) is -17.6. The van der Waals surface area contributed by atoms with Crippen molar-refractivity contribution in [2.24, 2.45) is 11.8 Å².